The third-order valence-electron chi connectivity index (χ3n) is 12.8. The van der Waals surface area contributed by atoms with Gasteiger partial charge in [-0.3, -0.25) is 4.79 Å². The molecule has 5 aliphatic rings. The number of aliphatic hydroxyl groups is 1. The smallest absolute Gasteiger partial charge is 0.360 e. The van der Waals surface area contributed by atoms with E-state index in [1.807, 2.05) is 0 Å². The molecule has 0 aromatic rings. The van der Waals surface area contributed by atoms with Crippen LogP contribution in [-0.4, -0.2) is 37.3 Å². The van der Waals surface area contributed by atoms with Gasteiger partial charge in [0, 0.05) is 25.0 Å². The molecule has 0 heterocycles. The molecule has 0 saturated heterocycles. The monoisotopic (exact) mass is 471 g/mol. The van der Waals surface area contributed by atoms with Gasteiger partial charge in [-0.15, -0.1) is 0 Å². The number of Topliss-reactive ketones (excluding diaryl/α,β-unsaturated/α-hetero) is 1. The Bertz CT molecular complexity index is 815. The lowest BCUT2D eigenvalue weighted by Crippen LogP contribution is -2.65. The van der Waals surface area contributed by atoms with E-state index >= 15 is 0 Å². The fraction of sp³-hybridized carbons (Fsp3) is 0.966. The van der Waals surface area contributed by atoms with Crippen molar-refractivity contribution in [2.45, 2.75) is 111 Å². The van der Waals surface area contributed by atoms with E-state index in [-0.39, 0.29) is 23.0 Å². The van der Waals surface area contributed by atoms with Gasteiger partial charge >= 0.3 is 7.62 Å². The van der Waals surface area contributed by atoms with Crippen molar-refractivity contribution in [3.63, 3.8) is 0 Å². The lowest BCUT2D eigenvalue weighted by atomic mass is 9.36. The number of aliphatic hydroxyl groups excluding tert-OH is 1. The van der Waals surface area contributed by atoms with Crippen molar-refractivity contribution in [2.75, 3.05) is 7.11 Å². The molecule has 5 aliphatic carbocycles. The van der Waals surface area contributed by atoms with Crippen molar-refractivity contribution in [1.82, 2.24) is 5.23 Å². The van der Waals surface area contributed by atoms with Gasteiger partial charge in [-0.2, -0.15) is 0 Å². The maximum absolute atomic E-state index is 13.4. The maximum atomic E-state index is 13.4. The molecule has 5 saturated carbocycles. The molecule has 5 fully saturated rings. The molecule has 2 N–H and O–H groups in total. The van der Waals surface area contributed by atoms with Crippen LogP contribution in [0.3, 0.4) is 0 Å². The van der Waals surface area contributed by atoms with Crippen molar-refractivity contribution in [3.05, 3.63) is 0 Å². The molecule has 0 spiro atoms. The van der Waals surface area contributed by atoms with Crippen LogP contribution < -0.4 is 5.23 Å². The molecular weight excluding hydrogens is 421 g/mol. The highest BCUT2D eigenvalue weighted by Crippen LogP contribution is 2.72. The lowest BCUT2D eigenvalue weighted by Gasteiger charge is -2.69. The Morgan fingerprint density at radius 2 is 1.68 bits per heavy atom. The molecule has 192 valence electrons. The van der Waals surface area contributed by atoms with Gasteiger partial charge in [-0.1, -0.05) is 41.5 Å². The molecule has 5 rings (SSSR count). The van der Waals surface area contributed by atoms with Crippen molar-refractivity contribution < 1.29 is 14.6 Å². The highest BCUT2D eigenvalue weighted by molar-refractivity contribution is 6.24. The fourth-order valence-corrected chi connectivity index (χ4v) is 11.4. The van der Waals surface area contributed by atoms with Crippen molar-refractivity contribution in [3.8, 4) is 0 Å². The van der Waals surface area contributed by atoms with Gasteiger partial charge in [0.25, 0.3) is 0 Å². The average Bonchev–Trinajstić information content (AvgIpc) is 3.07. The lowest BCUT2D eigenvalue weighted by molar-refractivity contribution is -0.213. The predicted octanol–water partition coefficient (Wildman–Crippen LogP) is 5.13. The maximum Gasteiger partial charge on any atom is 0.360 e. The number of carbonyl (C=O) groups excluding carboxylic acids is 1. The number of hydrogen-bond donors (Lipinski definition) is 2. The summed E-state index contributed by atoms with van der Waals surface area (Å²) < 4.78 is 5.48. The molecule has 5 unspecified atom stereocenters. The van der Waals surface area contributed by atoms with Crippen molar-refractivity contribution in [1.29, 1.82) is 0 Å². The van der Waals surface area contributed by atoms with E-state index < -0.39 is 0 Å². The van der Waals surface area contributed by atoms with Crippen LogP contribution in [0.5, 0.6) is 0 Å². The number of fused-ring (bicyclic) bond motifs is 7. The zero-order chi connectivity index (χ0) is 24.7. The van der Waals surface area contributed by atoms with Crippen LogP contribution in [0.1, 0.15) is 99.3 Å². The van der Waals surface area contributed by atoms with Crippen molar-refractivity contribution in [2.24, 2.45) is 57.7 Å². The summed E-state index contributed by atoms with van der Waals surface area (Å²) in [7, 11) is 2.30. The highest BCUT2D eigenvalue weighted by atomic mass is 16.4. The normalized spacial score (nSPS) is 51.9. The van der Waals surface area contributed by atoms with Crippen molar-refractivity contribution >= 4 is 13.4 Å². The Kier molecular flexibility index (Phi) is 6.18. The third kappa shape index (κ3) is 3.31. The van der Waals surface area contributed by atoms with E-state index in [1.54, 1.807) is 7.11 Å². The Morgan fingerprint density at radius 1 is 0.971 bits per heavy atom. The number of rotatable bonds is 4. The summed E-state index contributed by atoms with van der Waals surface area (Å²) in [5.74, 6) is 4.24. The molecule has 5 heteroatoms. The van der Waals surface area contributed by atoms with Gasteiger partial charge in [0.1, 0.15) is 5.78 Å². The van der Waals surface area contributed by atoms with Crippen LogP contribution in [0.25, 0.3) is 0 Å². The number of ketones is 1. The Balaban J connectivity index is 1.50. The summed E-state index contributed by atoms with van der Waals surface area (Å²) in [6.45, 7) is 14.5. The first-order chi connectivity index (χ1) is 15.9. The third-order valence-corrected chi connectivity index (χ3v) is 12.8. The topological polar surface area (TPSA) is 58.6 Å². The molecule has 0 amide bonds. The second kappa shape index (κ2) is 8.31. The molecule has 0 bridgehead atoms. The summed E-state index contributed by atoms with van der Waals surface area (Å²) in [5.41, 5.74) is 0.627. The van der Waals surface area contributed by atoms with Crippen LogP contribution in [0.2, 0.25) is 0 Å². The Morgan fingerprint density at radius 3 is 2.35 bits per heavy atom. The molecule has 4 nitrogen and oxygen atoms in total. The van der Waals surface area contributed by atoms with Gasteiger partial charge in [0.15, 0.2) is 0 Å². The number of nitrogens with one attached hydrogen (secondary N) is 1. The highest BCUT2D eigenvalue weighted by Gasteiger charge is 2.68. The van der Waals surface area contributed by atoms with Gasteiger partial charge < -0.3 is 15.0 Å². The van der Waals surface area contributed by atoms with E-state index in [1.165, 1.54) is 38.5 Å². The minimum absolute atomic E-state index is 0.0115. The summed E-state index contributed by atoms with van der Waals surface area (Å²) in [6, 6.07) is 0. The van der Waals surface area contributed by atoms with Crippen LogP contribution >= 0.6 is 0 Å². The SMILES string of the molecule is COBN[C@@]12CCC3[C@H](CCC4[C@@]3(C)CCC3C(C)(C)[C@@H](O)CC[C@@]34C)C1C(C(C)C)C(=O)C2. The van der Waals surface area contributed by atoms with E-state index in [9.17, 15) is 9.90 Å². The molecule has 0 aromatic carbocycles. The summed E-state index contributed by atoms with van der Waals surface area (Å²) in [4.78, 5) is 13.4. The number of carbonyl (C=O) groups is 1. The second-order valence-corrected chi connectivity index (χ2v) is 14.6. The van der Waals surface area contributed by atoms with Crippen LogP contribution in [0.15, 0.2) is 0 Å². The molecule has 0 radical (unpaired) electrons. The summed E-state index contributed by atoms with van der Waals surface area (Å²) >= 11 is 0. The second-order valence-electron chi connectivity index (χ2n) is 14.6. The molecule has 34 heavy (non-hydrogen) atoms. The Hall–Kier alpha value is -0.385. The first kappa shape index (κ1) is 25.3. The van der Waals surface area contributed by atoms with Gasteiger partial charge in [-0.25, -0.2) is 0 Å². The average molecular weight is 472 g/mol. The molecule has 0 aromatic heterocycles. The van der Waals surface area contributed by atoms with Crippen LogP contribution in [0.4, 0.5) is 0 Å². The first-order valence-electron chi connectivity index (χ1n) is 14.4. The van der Waals surface area contributed by atoms with Gasteiger partial charge in [0.2, 0.25) is 0 Å². The Labute approximate surface area is 209 Å². The molecule has 10 atom stereocenters. The summed E-state index contributed by atoms with van der Waals surface area (Å²) in [5, 5.41) is 14.7. The zero-order valence-electron chi connectivity index (χ0n) is 23.0. The standard InChI is InChI=1S/C29H50BNO3/c1-17(2)24-20(32)16-29(31-30-34-7)15-10-19-18(25(24)29)8-9-22-27(19,5)13-11-21-26(3,4)23(33)12-14-28(21,22)6/h17-19,21-25,30-31,33H,8-16H2,1-7H3/t18-,19?,21?,22?,23-,24?,25?,27-,28-,29+/m0/s1. The van der Waals surface area contributed by atoms with E-state index in [0.717, 1.165) is 18.8 Å². The first-order valence-corrected chi connectivity index (χ1v) is 14.4. The minimum atomic E-state index is -0.162. The van der Waals surface area contributed by atoms with E-state index in [2.05, 4.69) is 46.8 Å². The van der Waals surface area contributed by atoms with Gasteiger partial charge in [-0.05, 0) is 103 Å². The minimum Gasteiger partial charge on any atom is -0.427 e. The van der Waals surface area contributed by atoms with E-state index in [4.69, 9.17) is 4.65 Å². The quantitative estimate of drug-likeness (QED) is 0.559. The van der Waals surface area contributed by atoms with E-state index in [0.29, 0.717) is 60.2 Å². The molecule has 0 aliphatic heterocycles. The number of hydrogen-bond acceptors (Lipinski definition) is 4. The predicted molar refractivity (Wildman–Crippen MR) is 138 cm³/mol. The molecular formula is C29H50BNO3. The van der Waals surface area contributed by atoms with Crippen LogP contribution in [-0.2, 0) is 9.45 Å². The summed E-state index contributed by atoms with van der Waals surface area (Å²) in [6.07, 6.45) is 10.1. The largest absolute Gasteiger partial charge is 0.427 e. The zero-order valence-corrected chi connectivity index (χ0v) is 23.0. The fourth-order valence-electron chi connectivity index (χ4n) is 11.4. The van der Waals surface area contributed by atoms with Crippen LogP contribution in [0, 0.1) is 57.7 Å². The van der Waals surface area contributed by atoms with Gasteiger partial charge in [0.05, 0.1) is 6.10 Å².